The van der Waals surface area contributed by atoms with Crippen LogP contribution in [0.5, 0.6) is 0 Å². The molecule has 0 spiro atoms. The van der Waals surface area contributed by atoms with Gasteiger partial charge in [-0.3, -0.25) is 4.79 Å². The number of piperidine rings is 1. The molecule has 1 aliphatic heterocycles. The third-order valence-electron chi connectivity index (χ3n) is 4.12. The van der Waals surface area contributed by atoms with Crippen LogP contribution < -0.4 is 5.32 Å². The first-order valence-corrected chi connectivity index (χ1v) is 7.38. The summed E-state index contributed by atoms with van der Waals surface area (Å²) in [5, 5.41) is 3.41. The average Bonchev–Trinajstić information content (AvgIpc) is 2.41. The molecule has 1 aliphatic carbocycles. The quantitative estimate of drug-likeness (QED) is 0.777. The fourth-order valence-corrected chi connectivity index (χ4v) is 2.96. The van der Waals surface area contributed by atoms with Gasteiger partial charge in [0.05, 0.1) is 0 Å². The molecular weight excluding hydrogens is 224 g/mol. The lowest BCUT2D eigenvalue weighted by atomic mass is 9.96. The van der Waals surface area contributed by atoms with Gasteiger partial charge in [0.1, 0.15) is 0 Å². The Labute approximate surface area is 111 Å². The largest absolute Gasteiger partial charge is 0.345 e. The van der Waals surface area contributed by atoms with Crippen LogP contribution in [0.15, 0.2) is 11.6 Å². The van der Waals surface area contributed by atoms with Crippen molar-refractivity contribution in [2.45, 2.75) is 44.9 Å². The van der Waals surface area contributed by atoms with Gasteiger partial charge in [-0.15, -0.1) is 0 Å². The van der Waals surface area contributed by atoms with Crippen molar-refractivity contribution in [2.75, 3.05) is 26.7 Å². The molecule has 1 unspecified atom stereocenters. The minimum atomic E-state index is 0.300. The summed E-state index contributed by atoms with van der Waals surface area (Å²) in [5.74, 6) is 0.946. The molecule has 2 rings (SSSR count). The number of nitrogens with one attached hydrogen (secondary N) is 1. The number of amides is 1. The summed E-state index contributed by atoms with van der Waals surface area (Å²) in [7, 11) is 1.96. The highest BCUT2D eigenvalue weighted by Crippen LogP contribution is 2.21. The Kier molecular flexibility index (Phi) is 5.24. The van der Waals surface area contributed by atoms with Crippen molar-refractivity contribution in [2.24, 2.45) is 5.92 Å². The second-order valence-corrected chi connectivity index (χ2v) is 5.77. The fourth-order valence-electron chi connectivity index (χ4n) is 2.96. The lowest BCUT2D eigenvalue weighted by Crippen LogP contribution is -2.39. The monoisotopic (exact) mass is 250 g/mol. The molecule has 2 aliphatic rings. The van der Waals surface area contributed by atoms with Gasteiger partial charge < -0.3 is 10.2 Å². The Morgan fingerprint density at radius 2 is 2.33 bits per heavy atom. The first kappa shape index (κ1) is 13.6. The third kappa shape index (κ3) is 4.13. The van der Waals surface area contributed by atoms with Gasteiger partial charge >= 0.3 is 0 Å². The van der Waals surface area contributed by atoms with E-state index >= 15 is 0 Å². The maximum atomic E-state index is 12.1. The molecule has 0 bridgehead atoms. The van der Waals surface area contributed by atoms with E-state index in [2.05, 4.69) is 11.4 Å². The summed E-state index contributed by atoms with van der Waals surface area (Å²) in [5.41, 5.74) is 1.36. The van der Waals surface area contributed by atoms with Crippen LogP contribution in [0.1, 0.15) is 44.9 Å². The van der Waals surface area contributed by atoms with E-state index in [1.165, 1.54) is 37.7 Å². The highest BCUT2D eigenvalue weighted by atomic mass is 16.2. The Morgan fingerprint density at radius 3 is 3.00 bits per heavy atom. The van der Waals surface area contributed by atoms with Crippen LogP contribution in [0.3, 0.4) is 0 Å². The average molecular weight is 250 g/mol. The van der Waals surface area contributed by atoms with Crippen LogP contribution in [0.25, 0.3) is 0 Å². The van der Waals surface area contributed by atoms with Gasteiger partial charge in [-0.05, 0) is 57.5 Å². The summed E-state index contributed by atoms with van der Waals surface area (Å²) in [6.07, 6.45) is 10.3. The number of carbonyl (C=O) groups excluding carboxylic acids is 1. The maximum Gasteiger partial charge on any atom is 0.226 e. The van der Waals surface area contributed by atoms with E-state index in [1.54, 1.807) is 0 Å². The highest BCUT2D eigenvalue weighted by Gasteiger charge is 2.18. The number of allylic oxidation sites excluding steroid dienone is 1. The lowest BCUT2D eigenvalue weighted by Gasteiger charge is -2.28. The zero-order valence-corrected chi connectivity index (χ0v) is 11.6. The molecule has 0 saturated carbocycles. The first-order valence-electron chi connectivity index (χ1n) is 7.38. The van der Waals surface area contributed by atoms with Gasteiger partial charge in [0.2, 0.25) is 5.91 Å². The Bertz CT molecular complexity index is 306. The molecule has 1 heterocycles. The predicted octanol–water partition coefficient (Wildman–Crippen LogP) is 2.33. The number of nitrogens with zero attached hydrogens (tertiary/aromatic N) is 1. The van der Waals surface area contributed by atoms with Crippen molar-refractivity contribution in [1.29, 1.82) is 0 Å². The molecule has 1 atom stereocenters. The molecule has 0 aromatic heterocycles. The topological polar surface area (TPSA) is 32.3 Å². The smallest absolute Gasteiger partial charge is 0.226 e. The molecule has 3 nitrogen and oxygen atoms in total. The minimum Gasteiger partial charge on any atom is -0.345 e. The van der Waals surface area contributed by atoms with E-state index < -0.39 is 0 Å². The summed E-state index contributed by atoms with van der Waals surface area (Å²) in [6, 6.07) is 0. The van der Waals surface area contributed by atoms with Gasteiger partial charge in [0.15, 0.2) is 0 Å². The standard InChI is InChI=1S/C15H26N2O/c1-17(12-14-8-5-9-16-11-14)15(18)10-13-6-3-2-4-7-13/h6,14,16H,2-5,7-12H2,1H3. The summed E-state index contributed by atoms with van der Waals surface area (Å²) in [4.78, 5) is 14.1. The van der Waals surface area contributed by atoms with E-state index in [-0.39, 0.29) is 0 Å². The molecule has 1 fully saturated rings. The van der Waals surface area contributed by atoms with Crippen molar-refractivity contribution >= 4 is 5.91 Å². The molecule has 1 amide bonds. The van der Waals surface area contributed by atoms with Gasteiger partial charge in [0, 0.05) is 20.0 Å². The van der Waals surface area contributed by atoms with E-state index in [0.29, 0.717) is 18.2 Å². The van der Waals surface area contributed by atoms with Gasteiger partial charge in [-0.2, -0.15) is 0 Å². The Balaban J connectivity index is 1.75. The van der Waals surface area contributed by atoms with Crippen molar-refractivity contribution < 1.29 is 4.79 Å². The summed E-state index contributed by atoms with van der Waals surface area (Å²) in [6.45, 7) is 3.13. The molecule has 0 radical (unpaired) electrons. The van der Waals surface area contributed by atoms with Crippen molar-refractivity contribution in [1.82, 2.24) is 10.2 Å². The molecule has 102 valence electrons. The summed E-state index contributed by atoms with van der Waals surface area (Å²) < 4.78 is 0. The molecule has 3 heteroatoms. The van der Waals surface area contributed by atoms with Gasteiger partial charge in [-0.1, -0.05) is 11.6 Å². The molecule has 1 N–H and O–H groups in total. The van der Waals surface area contributed by atoms with Gasteiger partial charge in [-0.25, -0.2) is 0 Å². The second-order valence-electron chi connectivity index (χ2n) is 5.77. The molecule has 18 heavy (non-hydrogen) atoms. The molecule has 1 saturated heterocycles. The number of hydrogen-bond donors (Lipinski definition) is 1. The summed E-state index contributed by atoms with van der Waals surface area (Å²) >= 11 is 0. The van der Waals surface area contributed by atoms with Crippen molar-refractivity contribution in [3.8, 4) is 0 Å². The number of rotatable bonds is 4. The highest BCUT2D eigenvalue weighted by molar-refractivity contribution is 5.78. The fraction of sp³-hybridized carbons (Fsp3) is 0.800. The Hall–Kier alpha value is -0.830. The van der Waals surface area contributed by atoms with E-state index in [4.69, 9.17) is 0 Å². The van der Waals surface area contributed by atoms with Crippen molar-refractivity contribution in [3.05, 3.63) is 11.6 Å². The molecular formula is C15H26N2O. The van der Waals surface area contributed by atoms with Crippen LogP contribution in [0, 0.1) is 5.92 Å². The SMILES string of the molecule is CN(CC1CCCNC1)C(=O)CC1=CCCCC1. The normalized spacial score (nSPS) is 24.5. The number of hydrogen-bond acceptors (Lipinski definition) is 2. The van der Waals surface area contributed by atoms with E-state index in [1.807, 2.05) is 11.9 Å². The van der Waals surface area contributed by atoms with Crippen molar-refractivity contribution in [3.63, 3.8) is 0 Å². The third-order valence-corrected chi connectivity index (χ3v) is 4.12. The lowest BCUT2D eigenvalue weighted by molar-refractivity contribution is -0.129. The molecule has 0 aromatic carbocycles. The predicted molar refractivity (Wildman–Crippen MR) is 74.4 cm³/mol. The van der Waals surface area contributed by atoms with Crippen LogP contribution in [0.2, 0.25) is 0 Å². The van der Waals surface area contributed by atoms with Crippen LogP contribution in [-0.4, -0.2) is 37.5 Å². The number of carbonyl (C=O) groups is 1. The zero-order valence-electron chi connectivity index (χ0n) is 11.6. The second kappa shape index (κ2) is 6.93. The van der Waals surface area contributed by atoms with Crippen LogP contribution in [0.4, 0.5) is 0 Å². The van der Waals surface area contributed by atoms with Gasteiger partial charge in [0.25, 0.3) is 0 Å². The molecule has 0 aromatic rings. The van der Waals surface area contributed by atoms with Crippen LogP contribution in [-0.2, 0) is 4.79 Å². The Morgan fingerprint density at radius 1 is 1.44 bits per heavy atom. The van der Waals surface area contributed by atoms with E-state index in [9.17, 15) is 4.79 Å². The van der Waals surface area contributed by atoms with E-state index in [0.717, 1.165) is 26.1 Å². The van der Waals surface area contributed by atoms with Crippen LogP contribution >= 0.6 is 0 Å². The zero-order chi connectivity index (χ0) is 12.8. The minimum absolute atomic E-state index is 0.300. The first-order chi connectivity index (χ1) is 8.75. The maximum absolute atomic E-state index is 12.1.